The molecule has 3 heteroatoms. The van der Waals surface area contributed by atoms with Crippen LogP contribution in [0, 0.1) is 5.41 Å². The van der Waals surface area contributed by atoms with Crippen LogP contribution in [-0.4, -0.2) is 24.0 Å². The summed E-state index contributed by atoms with van der Waals surface area (Å²) in [5.74, 6) is 1.26. The topological polar surface area (TPSA) is 32.3 Å². The molecule has 1 aromatic carbocycles. The van der Waals surface area contributed by atoms with Gasteiger partial charge in [0.15, 0.2) is 0 Å². The third kappa shape index (κ3) is 2.45. The highest BCUT2D eigenvalue weighted by Crippen LogP contribution is 2.45. The molecule has 0 unspecified atom stereocenters. The fourth-order valence-electron chi connectivity index (χ4n) is 2.33. The van der Waals surface area contributed by atoms with E-state index in [-0.39, 0.29) is 5.41 Å². The van der Waals surface area contributed by atoms with Crippen molar-refractivity contribution in [2.24, 2.45) is 5.41 Å². The molecule has 2 nitrogen and oxygen atoms in total. The Bertz CT molecular complexity index is 415. The summed E-state index contributed by atoms with van der Waals surface area (Å²) in [5, 5.41) is 12.8. The van der Waals surface area contributed by atoms with E-state index in [0.717, 1.165) is 19.4 Å². The van der Waals surface area contributed by atoms with E-state index in [1.165, 1.54) is 34.7 Å². The second kappa shape index (κ2) is 4.54. The predicted octanol–water partition coefficient (Wildman–Crippen LogP) is 2.91. The molecule has 0 atom stereocenters. The lowest BCUT2D eigenvalue weighted by atomic mass is 10.1. The lowest BCUT2D eigenvalue weighted by Gasteiger charge is -2.18. The molecule has 2 N–H and O–H groups in total. The maximum atomic E-state index is 9.28. The normalized spacial score (nSPS) is 20.8. The van der Waals surface area contributed by atoms with Crippen LogP contribution < -0.4 is 5.32 Å². The first-order valence-corrected chi connectivity index (χ1v) is 7.40. The summed E-state index contributed by atoms with van der Waals surface area (Å²) >= 11 is 1.97. The number of anilines is 1. The number of aryl methyl sites for hydroxylation is 1. The third-order valence-electron chi connectivity index (χ3n) is 3.87. The van der Waals surface area contributed by atoms with Crippen LogP contribution in [0.3, 0.4) is 0 Å². The van der Waals surface area contributed by atoms with Gasteiger partial charge in [-0.2, -0.15) is 0 Å². The Hall–Kier alpha value is -0.670. The van der Waals surface area contributed by atoms with Crippen molar-refractivity contribution in [1.29, 1.82) is 0 Å². The van der Waals surface area contributed by atoms with Gasteiger partial charge in [0.1, 0.15) is 0 Å². The van der Waals surface area contributed by atoms with E-state index in [1.54, 1.807) is 0 Å². The lowest BCUT2D eigenvalue weighted by molar-refractivity contribution is 0.220. The highest BCUT2D eigenvalue weighted by molar-refractivity contribution is 7.99. The van der Waals surface area contributed by atoms with Gasteiger partial charge >= 0.3 is 0 Å². The Labute approximate surface area is 107 Å². The van der Waals surface area contributed by atoms with Crippen molar-refractivity contribution >= 4 is 17.4 Å². The molecule has 0 aromatic heterocycles. The Morgan fingerprint density at radius 1 is 1.35 bits per heavy atom. The van der Waals surface area contributed by atoms with Crippen molar-refractivity contribution < 1.29 is 5.11 Å². The molecule has 1 aliphatic heterocycles. The number of hydrogen-bond donors (Lipinski definition) is 2. The molecule has 1 aromatic rings. The van der Waals surface area contributed by atoms with Crippen LogP contribution in [0.4, 0.5) is 5.69 Å². The number of hydrogen-bond acceptors (Lipinski definition) is 3. The fourth-order valence-corrected chi connectivity index (χ4v) is 3.35. The average Bonchev–Trinajstić information content (AvgIpc) is 3.17. The number of benzene rings is 1. The molecular formula is C14H19NOS. The summed E-state index contributed by atoms with van der Waals surface area (Å²) < 4.78 is 0. The maximum absolute atomic E-state index is 9.28. The fraction of sp³-hybridized carbons (Fsp3) is 0.571. The molecular weight excluding hydrogens is 230 g/mol. The van der Waals surface area contributed by atoms with Crippen LogP contribution in [-0.2, 0) is 6.42 Å². The average molecular weight is 249 g/mol. The molecule has 0 saturated heterocycles. The zero-order valence-corrected chi connectivity index (χ0v) is 10.9. The first-order chi connectivity index (χ1) is 8.31. The van der Waals surface area contributed by atoms with Crippen LogP contribution in [0.2, 0.25) is 0 Å². The molecule has 0 amide bonds. The molecule has 0 spiro atoms. The minimum absolute atomic E-state index is 0.185. The van der Waals surface area contributed by atoms with Gasteiger partial charge in [-0.15, -0.1) is 11.8 Å². The molecule has 0 bridgehead atoms. The van der Waals surface area contributed by atoms with E-state index in [9.17, 15) is 5.11 Å². The van der Waals surface area contributed by atoms with Crippen LogP contribution in [0.1, 0.15) is 24.8 Å². The van der Waals surface area contributed by atoms with Gasteiger partial charge in [0.2, 0.25) is 0 Å². The Morgan fingerprint density at radius 3 is 3.00 bits per heavy atom. The number of aliphatic hydroxyl groups excluding tert-OH is 1. The minimum Gasteiger partial charge on any atom is -0.396 e. The molecule has 92 valence electrons. The molecule has 0 radical (unpaired) electrons. The van der Waals surface area contributed by atoms with Gasteiger partial charge in [-0.1, -0.05) is 0 Å². The van der Waals surface area contributed by atoms with Gasteiger partial charge in [-0.25, -0.2) is 0 Å². The molecule has 3 rings (SSSR count). The van der Waals surface area contributed by atoms with E-state index in [0.29, 0.717) is 6.61 Å². The van der Waals surface area contributed by atoms with Gasteiger partial charge < -0.3 is 10.4 Å². The lowest BCUT2D eigenvalue weighted by Crippen LogP contribution is -2.19. The highest BCUT2D eigenvalue weighted by Gasteiger charge is 2.41. The predicted molar refractivity (Wildman–Crippen MR) is 72.7 cm³/mol. The van der Waals surface area contributed by atoms with Crippen molar-refractivity contribution in [1.82, 2.24) is 0 Å². The van der Waals surface area contributed by atoms with Gasteiger partial charge in [0.05, 0.1) is 6.61 Å². The van der Waals surface area contributed by atoms with Crippen LogP contribution in [0.15, 0.2) is 23.1 Å². The minimum atomic E-state index is 0.185. The first-order valence-electron chi connectivity index (χ1n) is 6.42. The summed E-state index contributed by atoms with van der Waals surface area (Å²) in [7, 11) is 0. The Balaban J connectivity index is 1.67. The smallest absolute Gasteiger partial charge is 0.0504 e. The molecule has 1 aliphatic carbocycles. The quantitative estimate of drug-likeness (QED) is 0.860. The van der Waals surface area contributed by atoms with Crippen LogP contribution in [0.25, 0.3) is 0 Å². The van der Waals surface area contributed by atoms with Crippen LogP contribution >= 0.6 is 11.8 Å². The first kappa shape index (κ1) is 11.4. The molecule has 1 heterocycles. The summed E-state index contributed by atoms with van der Waals surface area (Å²) in [5.41, 5.74) is 2.89. The van der Waals surface area contributed by atoms with Gasteiger partial charge in [-0.05, 0) is 55.2 Å². The zero-order chi connectivity index (χ0) is 11.7. The second-order valence-electron chi connectivity index (χ2n) is 5.29. The molecule has 1 fully saturated rings. The third-order valence-corrected chi connectivity index (χ3v) is 5.07. The SMILES string of the molecule is OCC1(CNc2ccc3c(c2)CCCS3)CC1. The highest BCUT2D eigenvalue weighted by atomic mass is 32.2. The van der Waals surface area contributed by atoms with Crippen molar-refractivity contribution in [3.8, 4) is 0 Å². The van der Waals surface area contributed by atoms with E-state index >= 15 is 0 Å². The van der Waals surface area contributed by atoms with Crippen molar-refractivity contribution in [3.05, 3.63) is 23.8 Å². The Morgan fingerprint density at radius 2 is 2.24 bits per heavy atom. The number of fused-ring (bicyclic) bond motifs is 1. The van der Waals surface area contributed by atoms with Gasteiger partial charge in [-0.3, -0.25) is 0 Å². The van der Waals surface area contributed by atoms with Crippen LogP contribution in [0.5, 0.6) is 0 Å². The van der Waals surface area contributed by atoms with Crippen molar-refractivity contribution in [2.75, 3.05) is 24.2 Å². The second-order valence-corrected chi connectivity index (χ2v) is 6.42. The van der Waals surface area contributed by atoms with Crippen molar-refractivity contribution in [2.45, 2.75) is 30.6 Å². The summed E-state index contributed by atoms with van der Waals surface area (Å²) in [4.78, 5) is 1.45. The van der Waals surface area contributed by atoms with Crippen molar-refractivity contribution in [3.63, 3.8) is 0 Å². The zero-order valence-electron chi connectivity index (χ0n) is 10.0. The van der Waals surface area contributed by atoms with Gasteiger partial charge in [0.25, 0.3) is 0 Å². The number of nitrogens with one attached hydrogen (secondary N) is 1. The van der Waals surface area contributed by atoms with E-state index in [2.05, 4.69) is 23.5 Å². The van der Waals surface area contributed by atoms with E-state index in [4.69, 9.17) is 0 Å². The summed E-state index contributed by atoms with van der Waals surface area (Å²) in [6.45, 7) is 1.23. The standard InChI is InChI=1S/C14H19NOS/c16-10-14(5-6-14)9-15-12-3-4-13-11(8-12)2-1-7-17-13/h3-4,8,15-16H,1-2,5-7,9-10H2. The monoisotopic (exact) mass is 249 g/mol. The molecule has 1 saturated carbocycles. The molecule has 2 aliphatic rings. The number of rotatable bonds is 4. The van der Waals surface area contributed by atoms with E-state index < -0.39 is 0 Å². The maximum Gasteiger partial charge on any atom is 0.0504 e. The molecule has 17 heavy (non-hydrogen) atoms. The summed E-state index contributed by atoms with van der Waals surface area (Å²) in [6, 6.07) is 6.69. The Kier molecular flexibility index (Phi) is 3.05. The largest absolute Gasteiger partial charge is 0.396 e. The van der Waals surface area contributed by atoms with E-state index in [1.807, 2.05) is 11.8 Å². The van der Waals surface area contributed by atoms with Gasteiger partial charge in [0, 0.05) is 22.5 Å². The summed E-state index contributed by atoms with van der Waals surface area (Å²) in [6.07, 6.45) is 4.83. The number of thioether (sulfide) groups is 1. The number of aliphatic hydroxyl groups is 1.